The molecule has 1 N–H and O–H groups in total. The topological polar surface area (TPSA) is 49.8 Å². The van der Waals surface area contributed by atoms with Gasteiger partial charge >= 0.3 is 0 Å². The predicted molar refractivity (Wildman–Crippen MR) is 78.5 cm³/mol. The number of nitrogens with zero attached hydrogens (tertiary/aromatic N) is 1. The monoisotopic (exact) mass is 275 g/mol. The van der Waals surface area contributed by atoms with E-state index in [1.165, 1.54) is 0 Å². The first kappa shape index (κ1) is 14.6. The Morgan fingerprint density at radius 3 is 2.60 bits per heavy atom. The van der Waals surface area contributed by atoms with E-state index in [9.17, 15) is 9.90 Å². The maximum atomic E-state index is 11.9. The minimum absolute atomic E-state index is 0.0541. The highest BCUT2D eigenvalue weighted by molar-refractivity contribution is 5.92. The van der Waals surface area contributed by atoms with Crippen LogP contribution in [-0.4, -0.2) is 41.7 Å². The Balaban J connectivity index is 1.87. The first-order valence-corrected chi connectivity index (χ1v) is 6.90. The van der Waals surface area contributed by atoms with Gasteiger partial charge in [0.05, 0.1) is 25.8 Å². The van der Waals surface area contributed by atoms with E-state index in [1.807, 2.05) is 31.2 Å². The van der Waals surface area contributed by atoms with Crippen LogP contribution in [0.4, 0.5) is 0 Å². The van der Waals surface area contributed by atoms with Crippen molar-refractivity contribution in [1.29, 1.82) is 0 Å². The van der Waals surface area contributed by atoms with Crippen LogP contribution in [-0.2, 0) is 4.79 Å². The third-order valence-corrected chi connectivity index (χ3v) is 3.53. The van der Waals surface area contributed by atoms with Crippen molar-refractivity contribution in [3.05, 3.63) is 35.9 Å². The van der Waals surface area contributed by atoms with E-state index in [4.69, 9.17) is 4.74 Å². The average Bonchev–Trinajstić information content (AvgIpc) is 2.43. The number of benzene rings is 1. The molecule has 1 heterocycles. The molecule has 1 aliphatic rings. The van der Waals surface area contributed by atoms with Crippen molar-refractivity contribution in [1.82, 2.24) is 4.90 Å². The molecule has 0 spiro atoms. The summed E-state index contributed by atoms with van der Waals surface area (Å²) in [5.41, 5.74) is 0.279. The summed E-state index contributed by atoms with van der Waals surface area (Å²) in [7, 11) is 1.62. The minimum Gasteiger partial charge on any atom is -0.497 e. The normalized spacial score (nSPS) is 17.1. The van der Waals surface area contributed by atoms with E-state index in [2.05, 4.69) is 0 Å². The number of ether oxygens (including phenoxy) is 1. The van der Waals surface area contributed by atoms with E-state index in [0.29, 0.717) is 13.1 Å². The van der Waals surface area contributed by atoms with E-state index >= 15 is 0 Å². The summed E-state index contributed by atoms with van der Waals surface area (Å²) in [5.74, 6) is 0.738. The molecular weight excluding hydrogens is 254 g/mol. The molecule has 0 radical (unpaired) electrons. The molecule has 1 amide bonds. The van der Waals surface area contributed by atoms with Crippen LogP contribution >= 0.6 is 0 Å². The van der Waals surface area contributed by atoms with Crippen LogP contribution in [0.2, 0.25) is 0 Å². The van der Waals surface area contributed by atoms with Crippen molar-refractivity contribution in [2.45, 2.75) is 25.4 Å². The van der Waals surface area contributed by atoms with Crippen LogP contribution in [0.15, 0.2) is 30.3 Å². The molecule has 1 aromatic rings. The van der Waals surface area contributed by atoms with E-state index < -0.39 is 5.60 Å². The number of hydrogen-bond acceptors (Lipinski definition) is 3. The third-order valence-electron chi connectivity index (χ3n) is 3.53. The lowest BCUT2D eigenvalue weighted by atomic mass is 9.89. The molecule has 108 valence electrons. The number of likely N-dealkylation sites (tertiary alicyclic amines) is 1. The molecule has 4 heteroatoms. The molecule has 0 atom stereocenters. The number of hydrogen-bond donors (Lipinski definition) is 1. The molecule has 0 aromatic heterocycles. The van der Waals surface area contributed by atoms with Crippen molar-refractivity contribution in [2.24, 2.45) is 0 Å². The lowest BCUT2D eigenvalue weighted by Crippen LogP contribution is -2.63. The van der Waals surface area contributed by atoms with Gasteiger partial charge in [0, 0.05) is 6.08 Å². The van der Waals surface area contributed by atoms with Gasteiger partial charge in [0.25, 0.3) is 0 Å². The molecule has 0 bridgehead atoms. The molecule has 2 rings (SSSR count). The molecule has 4 nitrogen and oxygen atoms in total. The van der Waals surface area contributed by atoms with Gasteiger partial charge < -0.3 is 14.7 Å². The molecular formula is C16H21NO3. The van der Waals surface area contributed by atoms with Crippen LogP contribution in [0.25, 0.3) is 6.08 Å². The largest absolute Gasteiger partial charge is 0.497 e. The number of methoxy groups -OCH3 is 1. The zero-order valence-electron chi connectivity index (χ0n) is 12.0. The Kier molecular flexibility index (Phi) is 4.45. The second-order valence-electron chi connectivity index (χ2n) is 5.28. The van der Waals surface area contributed by atoms with Gasteiger partial charge in [-0.3, -0.25) is 4.79 Å². The molecule has 20 heavy (non-hydrogen) atoms. The van der Waals surface area contributed by atoms with Crippen LogP contribution < -0.4 is 4.74 Å². The molecule has 0 aliphatic carbocycles. The SMILES string of the molecule is CCCC1(O)CN(C(=O)C=Cc2ccc(OC)cc2)C1. The fraction of sp³-hybridized carbons (Fsp3) is 0.438. The molecule has 1 aromatic carbocycles. The summed E-state index contributed by atoms with van der Waals surface area (Å²) in [4.78, 5) is 13.6. The van der Waals surface area contributed by atoms with E-state index in [1.54, 1.807) is 24.2 Å². The van der Waals surface area contributed by atoms with E-state index in [0.717, 1.165) is 24.2 Å². The zero-order chi connectivity index (χ0) is 14.6. The van der Waals surface area contributed by atoms with Gasteiger partial charge in [-0.2, -0.15) is 0 Å². The average molecular weight is 275 g/mol. The predicted octanol–water partition coefficient (Wildman–Crippen LogP) is 2.08. The van der Waals surface area contributed by atoms with E-state index in [-0.39, 0.29) is 5.91 Å². The van der Waals surface area contributed by atoms with Gasteiger partial charge in [-0.25, -0.2) is 0 Å². The standard InChI is InChI=1S/C16H21NO3/c1-3-10-16(19)11-17(12-16)15(18)9-6-13-4-7-14(20-2)8-5-13/h4-9,19H,3,10-12H2,1-2H3. The van der Waals surface area contributed by atoms with Gasteiger partial charge in [-0.05, 0) is 30.2 Å². The molecule has 1 fully saturated rings. The summed E-state index contributed by atoms with van der Waals surface area (Å²) in [6.07, 6.45) is 5.01. The second-order valence-corrected chi connectivity index (χ2v) is 5.28. The summed E-state index contributed by atoms with van der Waals surface area (Å²) in [6.45, 7) is 2.91. The van der Waals surface area contributed by atoms with Crippen LogP contribution in [0.3, 0.4) is 0 Å². The zero-order valence-corrected chi connectivity index (χ0v) is 12.0. The maximum Gasteiger partial charge on any atom is 0.246 e. The van der Waals surface area contributed by atoms with Crippen LogP contribution in [0, 0.1) is 0 Å². The fourth-order valence-corrected chi connectivity index (χ4v) is 2.43. The number of rotatable bonds is 5. The van der Waals surface area contributed by atoms with Crippen molar-refractivity contribution < 1.29 is 14.6 Å². The number of carbonyl (C=O) groups is 1. The Bertz CT molecular complexity index is 487. The van der Waals surface area contributed by atoms with Crippen molar-refractivity contribution in [2.75, 3.05) is 20.2 Å². The minimum atomic E-state index is -0.668. The molecule has 1 saturated heterocycles. The third kappa shape index (κ3) is 3.39. The van der Waals surface area contributed by atoms with Crippen LogP contribution in [0.5, 0.6) is 5.75 Å². The first-order chi connectivity index (χ1) is 9.56. The Morgan fingerprint density at radius 2 is 2.05 bits per heavy atom. The van der Waals surface area contributed by atoms with Crippen molar-refractivity contribution in [3.63, 3.8) is 0 Å². The molecule has 0 unspecified atom stereocenters. The summed E-state index contributed by atoms with van der Waals surface area (Å²) >= 11 is 0. The quantitative estimate of drug-likeness (QED) is 0.837. The fourth-order valence-electron chi connectivity index (χ4n) is 2.43. The van der Waals surface area contributed by atoms with Gasteiger partial charge in [0.15, 0.2) is 0 Å². The summed E-state index contributed by atoms with van der Waals surface area (Å²) < 4.78 is 5.08. The maximum absolute atomic E-state index is 11.9. The highest BCUT2D eigenvalue weighted by Gasteiger charge is 2.41. The van der Waals surface area contributed by atoms with Gasteiger partial charge in [-0.15, -0.1) is 0 Å². The lowest BCUT2D eigenvalue weighted by molar-refractivity contribution is -0.151. The number of β-amino-alcohol motifs (C(OH)–C–C–N with tert-alkyl or cyclic N) is 1. The number of aliphatic hydroxyl groups is 1. The van der Waals surface area contributed by atoms with Gasteiger partial charge in [0.2, 0.25) is 5.91 Å². The van der Waals surface area contributed by atoms with Gasteiger partial charge in [-0.1, -0.05) is 25.5 Å². The van der Waals surface area contributed by atoms with Crippen molar-refractivity contribution >= 4 is 12.0 Å². The first-order valence-electron chi connectivity index (χ1n) is 6.90. The molecule has 0 saturated carbocycles. The number of carbonyl (C=O) groups excluding carboxylic acids is 1. The summed E-state index contributed by atoms with van der Waals surface area (Å²) in [6, 6.07) is 7.50. The Labute approximate surface area is 119 Å². The Morgan fingerprint density at radius 1 is 1.40 bits per heavy atom. The highest BCUT2D eigenvalue weighted by atomic mass is 16.5. The number of amides is 1. The van der Waals surface area contributed by atoms with Crippen LogP contribution in [0.1, 0.15) is 25.3 Å². The van der Waals surface area contributed by atoms with Gasteiger partial charge in [0.1, 0.15) is 5.75 Å². The molecule has 1 aliphatic heterocycles. The Hall–Kier alpha value is -1.81. The lowest BCUT2D eigenvalue weighted by Gasteiger charge is -2.46. The smallest absolute Gasteiger partial charge is 0.246 e. The van der Waals surface area contributed by atoms with Crippen molar-refractivity contribution in [3.8, 4) is 5.75 Å². The highest BCUT2D eigenvalue weighted by Crippen LogP contribution is 2.26. The second kappa shape index (κ2) is 6.09. The summed E-state index contributed by atoms with van der Waals surface area (Å²) in [5, 5.41) is 10.0.